The molecule has 1 nitrogen and oxygen atoms in total. The summed E-state index contributed by atoms with van der Waals surface area (Å²) in [4.78, 5) is 0. The van der Waals surface area contributed by atoms with Crippen LogP contribution in [0.4, 0.5) is 0 Å². The van der Waals surface area contributed by atoms with Crippen LogP contribution in [-0.4, -0.2) is 6.04 Å². The summed E-state index contributed by atoms with van der Waals surface area (Å²) in [5, 5.41) is 3.31. The fourth-order valence-electron chi connectivity index (χ4n) is 1.98. The van der Waals surface area contributed by atoms with Gasteiger partial charge < -0.3 is 5.32 Å². The molecule has 1 aromatic carbocycles. The number of nitrogens with one attached hydrogen (secondary N) is 1. The van der Waals surface area contributed by atoms with Crippen LogP contribution in [0.25, 0.3) is 0 Å². The standard InChI is InChI=1S/C14H17N/c1-3-7-13(8-4-1)11-12-15-14-9-5-2-6-10-14/h1,3-4,7-8,14-15H,2,5-6,9-10H2. The van der Waals surface area contributed by atoms with Crippen molar-refractivity contribution >= 4 is 0 Å². The lowest BCUT2D eigenvalue weighted by Crippen LogP contribution is -2.26. The summed E-state index contributed by atoms with van der Waals surface area (Å²) >= 11 is 0. The van der Waals surface area contributed by atoms with Gasteiger partial charge in [-0.3, -0.25) is 0 Å². The van der Waals surface area contributed by atoms with Gasteiger partial charge in [-0.1, -0.05) is 37.5 Å². The number of rotatable bonds is 1. The highest BCUT2D eigenvalue weighted by molar-refractivity contribution is 5.33. The highest BCUT2D eigenvalue weighted by atomic mass is 14.9. The molecule has 1 heteroatoms. The van der Waals surface area contributed by atoms with Crippen LogP contribution < -0.4 is 5.32 Å². The Bertz CT molecular complexity index is 339. The monoisotopic (exact) mass is 199 g/mol. The van der Waals surface area contributed by atoms with Gasteiger partial charge in [0.2, 0.25) is 0 Å². The maximum absolute atomic E-state index is 3.31. The minimum Gasteiger partial charge on any atom is -0.343 e. The van der Waals surface area contributed by atoms with Crippen LogP contribution in [0.2, 0.25) is 0 Å². The summed E-state index contributed by atoms with van der Waals surface area (Å²) in [5.74, 6) is 3.13. The third-order valence-electron chi connectivity index (χ3n) is 2.86. The zero-order chi connectivity index (χ0) is 10.3. The molecular formula is C14H17N. The lowest BCUT2D eigenvalue weighted by molar-refractivity contribution is 0.409. The summed E-state index contributed by atoms with van der Waals surface area (Å²) in [5.41, 5.74) is 1.08. The van der Waals surface area contributed by atoms with Crippen molar-refractivity contribution in [1.82, 2.24) is 5.32 Å². The molecular weight excluding hydrogens is 182 g/mol. The molecule has 0 aliphatic heterocycles. The average molecular weight is 199 g/mol. The summed E-state index contributed by atoms with van der Waals surface area (Å²) in [6.45, 7) is 0. The Morgan fingerprint density at radius 2 is 1.73 bits per heavy atom. The van der Waals surface area contributed by atoms with E-state index < -0.39 is 0 Å². The smallest absolute Gasteiger partial charge is 0.0340 e. The zero-order valence-electron chi connectivity index (χ0n) is 9.00. The number of hydrogen-bond acceptors (Lipinski definition) is 1. The fraction of sp³-hybridized carbons (Fsp3) is 0.429. The Morgan fingerprint density at radius 1 is 1.00 bits per heavy atom. The molecule has 1 aliphatic rings. The van der Waals surface area contributed by atoms with Crippen LogP contribution >= 0.6 is 0 Å². The third kappa shape index (κ3) is 3.32. The van der Waals surface area contributed by atoms with Crippen LogP contribution in [0.3, 0.4) is 0 Å². The molecule has 15 heavy (non-hydrogen) atoms. The van der Waals surface area contributed by atoms with Crippen LogP contribution in [-0.2, 0) is 0 Å². The van der Waals surface area contributed by atoms with Crippen LogP contribution in [0.5, 0.6) is 0 Å². The zero-order valence-corrected chi connectivity index (χ0v) is 9.00. The van der Waals surface area contributed by atoms with Gasteiger partial charge in [-0.25, -0.2) is 0 Å². The molecule has 0 amide bonds. The highest BCUT2D eigenvalue weighted by Crippen LogP contribution is 2.16. The van der Waals surface area contributed by atoms with Crippen LogP contribution in [0.15, 0.2) is 30.3 Å². The van der Waals surface area contributed by atoms with Crippen molar-refractivity contribution in [3.05, 3.63) is 35.9 Å². The minimum atomic E-state index is 0.620. The van der Waals surface area contributed by atoms with Gasteiger partial charge in [0.1, 0.15) is 0 Å². The van der Waals surface area contributed by atoms with Crippen molar-refractivity contribution in [3.8, 4) is 12.0 Å². The van der Waals surface area contributed by atoms with Crippen molar-refractivity contribution in [2.75, 3.05) is 0 Å². The second-order valence-corrected chi connectivity index (χ2v) is 4.10. The van der Waals surface area contributed by atoms with Gasteiger partial charge in [-0.15, -0.1) is 0 Å². The van der Waals surface area contributed by atoms with E-state index in [-0.39, 0.29) is 0 Å². The van der Waals surface area contributed by atoms with Gasteiger partial charge in [-0.2, -0.15) is 0 Å². The minimum absolute atomic E-state index is 0.620. The summed E-state index contributed by atoms with van der Waals surface area (Å²) < 4.78 is 0. The lowest BCUT2D eigenvalue weighted by Gasteiger charge is -2.20. The van der Waals surface area contributed by atoms with Gasteiger partial charge in [0, 0.05) is 17.6 Å². The van der Waals surface area contributed by atoms with E-state index in [1.165, 1.54) is 32.1 Å². The van der Waals surface area contributed by atoms with Crippen molar-refractivity contribution in [1.29, 1.82) is 0 Å². The maximum Gasteiger partial charge on any atom is 0.0340 e. The van der Waals surface area contributed by atoms with E-state index in [9.17, 15) is 0 Å². The quantitative estimate of drug-likeness (QED) is 0.541. The molecule has 0 bridgehead atoms. The fourth-order valence-corrected chi connectivity index (χ4v) is 1.98. The second kappa shape index (κ2) is 5.46. The normalized spacial score (nSPS) is 16.5. The van der Waals surface area contributed by atoms with Crippen molar-refractivity contribution in [2.45, 2.75) is 38.1 Å². The van der Waals surface area contributed by atoms with E-state index in [2.05, 4.69) is 17.3 Å². The molecule has 0 aromatic heterocycles. The van der Waals surface area contributed by atoms with Gasteiger partial charge >= 0.3 is 0 Å². The predicted molar refractivity (Wildman–Crippen MR) is 63.3 cm³/mol. The first kappa shape index (κ1) is 10.1. The average Bonchev–Trinajstić information content (AvgIpc) is 2.32. The molecule has 1 N–H and O–H groups in total. The van der Waals surface area contributed by atoms with Crippen molar-refractivity contribution < 1.29 is 0 Å². The molecule has 1 fully saturated rings. The second-order valence-electron chi connectivity index (χ2n) is 4.10. The summed E-state index contributed by atoms with van der Waals surface area (Å²) in [7, 11) is 0. The Morgan fingerprint density at radius 3 is 2.47 bits per heavy atom. The first-order valence-electron chi connectivity index (χ1n) is 5.77. The van der Waals surface area contributed by atoms with Gasteiger partial charge in [-0.05, 0) is 30.9 Å². The van der Waals surface area contributed by atoms with Crippen molar-refractivity contribution in [3.63, 3.8) is 0 Å². The first-order valence-corrected chi connectivity index (χ1v) is 5.77. The Balaban J connectivity index is 1.84. The van der Waals surface area contributed by atoms with Gasteiger partial charge in [0.15, 0.2) is 0 Å². The Hall–Kier alpha value is -1.42. The summed E-state index contributed by atoms with van der Waals surface area (Å²) in [6, 6.07) is 13.8. The lowest BCUT2D eigenvalue weighted by atomic mass is 9.96. The summed E-state index contributed by atoms with van der Waals surface area (Å²) in [6.07, 6.45) is 6.66. The molecule has 1 aliphatic carbocycles. The van der Waals surface area contributed by atoms with E-state index in [4.69, 9.17) is 0 Å². The largest absolute Gasteiger partial charge is 0.343 e. The number of hydrogen-bond donors (Lipinski definition) is 1. The first-order chi connectivity index (χ1) is 7.45. The highest BCUT2D eigenvalue weighted by Gasteiger charge is 2.10. The van der Waals surface area contributed by atoms with E-state index in [0.29, 0.717) is 6.04 Å². The SMILES string of the molecule is C(#Cc1ccccc1)NC1CCCCC1. The molecule has 0 radical (unpaired) electrons. The molecule has 0 heterocycles. The predicted octanol–water partition coefficient (Wildman–Crippen LogP) is 2.92. The van der Waals surface area contributed by atoms with Gasteiger partial charge in [0.25, 0.3) is 0 Å². The van der Waals surface area contributed by atoms with Crippen LogP contribution in [0.1, 0.15) is 37.7 Å². The van der Waals surface area contributed by atoms with E-state index in [0.717, 1.165) is 5.56 Å². The molecule has 0 spiro atoms. The third-order valence-corrected chi connectivity index (χ3v) is 2.86. The Kier molecular flexibility index (Phi) is 3.68. The van der Waals surface area contributed by atoms with E-state index in [1.54, 1.807) is 0 Å². The maximum atomic E-state index is 3.31. The topological polar surface area (TPSA) is 12.0 Å². The molecule has 1 aromatic rings. The molecule has 78 valence electrons. The van der Waals surface area contributed by atoms with Gasteiger partial charge in [0.05, 0.1) is 0 Å². The number of benzene rings is 1. The van der Waals surface area contributed by atoms with Crippen molar-refractivity contribution in [2.24, 2.45) is 0 Å². The molecule has 2 rings (SSSR count). The molecule has 0 unspecified atom stereocenters. The van der Waals surface area contributed by atoms with E-state index in [1.807, 2.05) is 30.3 Å². The van der Waals surface area contributed by atoms with Crippen LogP contribution in [0, 0.1) is 12.0 Å². The Labute approximate surface area is 91.9 Å². The molecule has 0 saturated heterocycles. The van der Waals surface area contributed by atoms with E-state index >= 15 is 0 Å². The molecule has 0 atom stereocenters. The molecule has 1 saturated carbocycles.